The summed E-state index contributed by atoms with van der Waals surface area (Å²) in [4.78, 5) is 14.8. The Morgan fingerprint density at radius 3 is 2.24 bits per heavy atom. The summed E-state index contributed by atoms with van der Waals surface area (Å²) >= 11 is 3.29. The molecule has 0 saturated carbocycles. The zero-order valence-corrected chi connectivity index (χ0v) is 21.6. The van der Waals surface area contributed by atoms with Crippen molar-refractivity contribution >= 4 is 31.7 Å². The summed E-state index contributed by atoms with van der Waals surface area (Å²) in [5.41, 5.74) is 0.659. The molecule has 0 amide bonds. The predicted octanol–water partition coefficient (Wildman–Crippen LogP) is 5.12. The Morgan fingerprint density at radius 1 is 1.09 bits per heavy atom. The molecule has 180 valence electrons. The summed E-state index contributed by atoms with van der Waals surface area (Å²) in [5.74, 6) is -1.40. The smallest absolute Gasteiger partial charge is 0.325 e. The van der Waals surface area contributed by atoms with Crippen LogP contribution in [0.5, 0.6) is 5.75 Å². The van der Waals surface area contributed by atoms with E-state index >= 15 is 0 Å². The molecule has 1 heterocycles. The SMILES string of the molecule is CCC(c1ccc(OCCN2CCCCC2)cc1)C(C)(C(=O)O)S(=O)(=O)c1ccc(Br)cc1. The lowest BCUT2D eigenvalue weighted by Gasteiger charge is -2.33. The molecular weight excluding hydrogens is 506 g/mol. The number of rotatable bonds is 10. The standard InChI is InChI=1S/C25H32BrNO5S/c1-3-23(25(2,24(28)29)33(30,31)22-13-9-20(26)10-14-22)19-7-11-21(12-8-19)32-18-17-27-15-5-4-6-16-27/h7-14,23H,3-6,15-18H2,1-2H3,(H,28,29). The second kappa shape index (κ2) is 11.0. The molecule has 33 heavy (non-hydrogen) atoms. The van der Waals surface area contributed by atoms with Gasteiger partial charge in [-0.1, -0.05) is 41.4 Å². The zero-order chi connectivity index (χ0) is 24.1. The first-order valence-electron chi connectivity index (χ1n) is 11.4. The minimum absolute atomic E-state index is 0.00767. The maximum atomic E-state index is 13.5. The molecule has 8 heteroatoms. The van der Waals surface area contributed by atoms with Crippen molar-refractivity contribution in [2.75, 3.05) is 26.2 Å². The number of hydrogen-bond acceptors (Lipinski definition) is 5. The quantitative estimate of drug-likeness (QED) is 0.452. The van der Waals surface area contributed by atoms with Crippen LogP contribution < -0.4 is 4.74 Å². The van der Waals surface area contributed by atoms with Crippen molar-refractivity contribution < 1.29 is 23.1 Å². The van der Waals surface area contributed by atoms with E-state index in [-0.39, 0.29) is 4.90 Å². The van der Waals surface area contributed by atoms with Crippen molar-refractivity contribution in [2.24, 2.45) is 0 Å². The number of carboxylic acids is 1. The highest BCUT2D eigenvalue weighted by Crippen LogP contribution is 2.41. The van der Waals surface area contributed by atoms with Crippen LogP contribution in [0.25, 0.3) is 0 Å². The molecule has 2 aromatic rings. The van der Waals surface area contributed by atoms with Crippen LogP contribution >= 0.6 is 15.9 Å². The maximum Gasteiger partial charge on any atom is 0.325 e. The van der Waals surface area contributed by atoms with Gasteiger partial charge in [0.25, 0.3) is 0 Å². The molecule has 3 rings (SSSR count). The van der Waals surface area contributed by atoms with Crippen LogP contribution in [0, 0.1) is 0 Å². The minimum Gasteiger partial charge on any atom is -0.492 e. The van der Waals surface area contributed by atoms with Gasteiger partial charge in [-0.2, -0.15) is 0 Å². The molecule has 1 saturated heterocycles. The van der Waals surface area contributed by atoms with Gasteiger partial charge in [-0.05, 0) is 81.2 Å². The molecule has 1 N–H and O–H groups in total. The summed E-state index contributed by atoms with van der Waals surface area (Å²) < 4.78 is 31.6. The second-order valence-corrected chi connectivity index (χ2v) is 11.9. The Bertz CT molecular complexity index is 1030. The largest absolute Gasteiger partial charge is 0.492 e. The van der Waals surface area contributed by atoms with E-state index in [4.69, 9.17) is 4.74 Å². The van der Waals surface area contributed by atoms with Crippen molar-refractivity contribution in [3.05, 3.63) is 58.6 Å². The van der Waals surface area contributed by atoms with Gasteiger partial charge in [0.15, 0.2) is 14.6 Å². The van der Waals surface area contributed by atoms with Crippen LogP contribution in [0.3, 0.4) is 0 Å². The summed E-state index contributed by atoms with van der Waals surface area (Å²) in [6.45, 7) is 6.81. The highest BCUT2D eigenvalue weighted by molar-refractivity contribution is 9.10. The van der Waals surface area contributed by atoms with Gasteiger partial charge in [0, 0.05) is 16.9 Å². The maximum absolute atomic E-state index is 13.5. The Morgan fingerprint density at radius 2 is 1.70 bits per heavy atom. The number of piperidine rings is 1. The van der Waals surface area contributed by atoms with E-state index < -0.39 is 26.5 Å². The minimum atomic E-state index is -4.17. The molecular formula is C25H32BrNO5S. The summed E-state index contributed by atoms with van der Waals surface area (Å²) in [5, 5.41) is 10.1. The second-order valence-electron chi connectivity index (χ2n) is 8.65. The lowest BCUT2D eigenvalue weighted by atomic mass is 9.84. The highest BCUT2D eigenvalue weighted by atomic mass is 79.9. The van der Waals surface area contributed by atoms with E-state index in [1.807, 2.05) is 6.92 Å². The number of aliphatic carboxylic acids is 1. The number of nitrogens with zero attached hydrogens (tertiary/aromatic N) is 1. The molecule has 2 unspecified atom stereocenters. The van der Waals surface area contributed by atoms with Crippen molar-refractivity contribution in [1.82, 2.24) is 4.90 Å². The van der Waals surface area contributed by atoms with E-state index in [1.165, 1.54) is 38.3 Å². The molecule has 1 aliphatic heterocycles. The van der Waals surface area contributed by atoms with Gasteiger partial charge in [0.05, 0.1) is 4.90 Å². The third kappa shape index (κ3) is 5.61. The molecule has 0 bridgehead atoms. The van der Waals surface area contributed by atoms with Gasteiger partial charge in [0.1, 0.15) is 12.4 Å². The lowest BCUT2D eigenvalue weighted by Crippen LogP contribution is -2.48. The van der Waals surface area contributed by atoms with Gasteiger partial charge in [-0.15, -0.1) is 0 Å². The van der Waals surface area contributed by atoms with Crippen molar-refractivity contribution in [2.45, 2.75) is 55.1 Å². The monoisotopic (exact) mass is 537 g/mol. The van der Waals surface area contributed by atoms with Crippen LogP contribution in [0.15, 0.2) is 57.9 Å². The molecule has 0 aliphatic carbocycles. The predicted molar refractivity (Wildman–Crippen MR) is 133 cm³/mol. The summed E-state index contributed by atoms with van der Waals surface area (Å²) in [6, 6.07) is 13.2. The number of hydrogen-bond donors (Lipinski definition) is 1. The van der Waals surface area contributed by atoms with Crippen LogP contribution in [0.4, 0.5) is 0 Å². The van der Waals surface area contributed by atoms with Gasteiger partial charge < -0.3 is 9.84 Å². The molecule has 2 atom stereocenters. The third-order valence-corrected chi connectivity index (χ3v) is 9.58. The first-order chi connectivity index (χ1) is 15.7. The topological polar surface area (TPSA) is 83.9 Å². The average molecular weight is 539 g/mol. The van der Waals surface area contributed by atoms with Crippen molar-refractivity contribution in [1.29, 1.82) is 0 Å². The number of ether oxygens (including phenoxy) is 1. The fraction of sp³-hybridized carbons (Fsp3) is 0.480. The third-order valence-electron chi connectivity index (χ3n) is 6.59. The number of sulfone groups is 1. The molecule has 2 aromatic carbocycles. The summed E-state index contributed by atoms with van der Waals surface area (Å²) in [7, 11) is -4.17. The fourth-order valence-corrected chi connectivity index (χ4v) is 6.68. The first-order valence-corrected chi connectivity index (χ1v) is 13.7. The fourth-order valence-electron chi connectivity index (χ4n) is 4.53. The van der Waals surface area contributed by atoms with Crippen LogP contribution in [-0.4, -0.2) is 55.4 Å². The van der Waals surface area contributed by atoms with E-state index in [9.17, 15) is 18.3 Å². The molecule has 0 aromatic heterocycles. The van der Waals surface area contributed by atoms with E-state index in [0.29, 0.717) is 24.3 Å². The Balaban J connectivity index is 1.79. The molecule has 1 aliphatic rings. The van der Waals surface area contributed by atoms with Crippen LogP contribution in [-0.2, 0) is 14.6 Å². The lowest BCUT2D eigenvalue weighted by molar-refractivity contribution is -0.140. The average Bonchev–Trinajstić information content (AvgIpc) is 2.81. The van der Waals surface area contributed by atoms with Crippen LogP contribution in [0.1, 0.15) is 51.0 Å². The van der Waals surface area contributed by atoms with Crippen LogP contribution in [0.2, 0.25) is 0 Å². The Labute approximate surface area is 205 Å². The highest BCUT2D eigenvalue weighted by Gasteiger charge is 2.53. The zero-order valence-electron chi connectivity index (χ0n) is 19.2. The summed E-state index contributed by atoms with van der Waals surface area (Å²) in [6.07, 6.45) is 4.12. The molecule has 6 nitrogen and oxygen atoms in total. The Kier molecular flexibility index (Phi) is 8.59. The van der Waals surface area contributed by atoms with Crippen molar-refractivity contribution in [3.8, 4) is 5.75 Å². The van der Waals surface area contributed by atoms with Gasteiger partial charge in [-0.3, -0.25) is 9.69 Å². The van der Waals surface area contributed by atoms with Gasteiger partial charge in [-0.25, -0.2) is 8.42 Å². The van der Waals surface area contributed by atoms with E-state index in [0.717, 1.165) is 24.1 Å². The number of carbonyl (C=O) groups is 1. The Hall–Kier alpha value is -1.90. The molecule has 0 spiro atoms. The van der Waals surface area contributed by atoms with E-state index in [1.54, 1.807) is 36.4 Å². The van der Waals surface area contributed by atoms with E-state index in [2.05, 4.69) is 20.8 Å². The molecule has 0 radical (unpaired) electrons. The number of likely N-dealkylation sites (tertiary alicyclic amines) is 1. The van der Waals surface area contributed by atoms with Gasteiger partial charge >= 0.3 is 5.97 Å². The number of benzene rings is 2. The first kappa shape index (κ1) is 25.7. The normalized spacial score (nSPS) is 17.8. The molecule has 1 fully saturated rings. The number of halogens is 1. The van der Waals surface area contributed by atoms with Crippen molar-refractivity contribution in [3.63, 3.8) is 0 Å². The number of carboxylic acid groups (broad SMARTS) is 1. The van der Waals surface area contributed by atoms with Gasteiger partial charge in [0.2, 0.25) is 0 Å².